The standard InChI is InChI=1S/C24H21ClN4O3S.C23H20ClN5O3S.2C23H19ClN4O3S/c1-17-15-29(16-27-17)12-13-33(31,32)20-8-5-18(6-9-20)24(30)28-19-7-10-22(25)21(14-19)23-4-2-3-11-26-23;1-16-26-15-29(28-16)12-13-33(31,32)19-8-5-17(6-9-19)23(30)27-18-7-10-21(24)20(14-18)22-4-2-3-11-25-22;24-21-10-7-18(16-20(21)22-4-1-2-11-25-22)27-23(29)17-5-8-19(9-6-17)32(30,31)15-14-28-13-3-12-26-28;24-21-9-6-18(15-20(21)22-3-1-2-10-26-22)27-23(29)17-4-7-19(8-5-17)32(30,31)14-13-28-12-11-25-16-28/h2-11,14-16H,12-13H2,1H3,(H,28,30);2-11,14-15H,12-13H2,1H3,(H,27,30);1-13,16H,14-15H2,(H,27,29);1-12,15-16H,13-14H2,(H,27,29). The van der Waals surface area contributed by atoms with E-state index in [1.165, 1.54) is 108 Å². The summed E-state index contributed by atoms with van der Waals surface area (Å²) < 4.78 is 107. The molecule has 0 atom stereocenters. The lowest BCUT2D eigenvalue weighted by Gasteiger charge is -2.10. The van der Waals surface area contributed by atoms with E-state index < -0.39 is 39.3 Å². The molecule has 0 unspecified atom stereocenters. The van der Waals surface area contributed by atoms with Crippen LogP contribution in [0.1, 0.15) is 53.0 Å². The zero-order chi connectivity index (χ0) is 92.0. The molecule has 29 nitrogen and oxygen atoms in total. The number of anilines is 4. The Balaban J connectivity index is 0.000000148. The summed E-state index contributed by atoms with van der Waals surface area (Å²) in [6.45, 7) is 4.64. The summed E-state index contributed by atoms with van der Waals surface area (Å²) in [6.07, 6.45) is 19.7. The van der Waals surface area contributed by atoms with E-state index in [2.05, 4.69) is 66.4 Å². The SMILES string of the molecule is Cc1cn(CCS(=O)(=O)c2ccc(C(=O)Nc3ccc(Cl)c(-c4ccccn4)c3)cc2)cn1.Cc1ncn(CCS(=O)(=O)c2ccc(C(=O)Nc3ccc(Cl)c(-c4ccccn4)c3)cc2)n1.O=C(Nc1ccc(Cl)c(-c2ccccn2)c1)c1ccc(S(=O)(=O)CCn2cccn2)cc1.O=C(Nc1ccc(Cl)c(-c2ccccn2)c1)c1ccc(S(=O)(=O)CCn2ccnc2)cc1. The minimum atomic E-state index is -3.53. The highest BCUT2D eigenvalue weighted by molar-refractivity contribution is 7.92. The number of benzene rings is 8. The van der Waals surface area contributed by atoms with Crippen LogP contribution in [0.15, 0.2) is 343 Å². The lowest BCUT2D eigenvalue weighted by molar-refractivity contribution is 0.101. The first-order chi connectivity index (χ1) is 62.5. The predicted molar refractivity (Wildman–Crippen MR) is 501 cm³/mol. The van der Waals surface area contributed by atoms with E-state index in [-0.39, 0.29) is 79.3 Å². The van der Waals surface area contributed by atoms with E-state index in [0.29, 0.717) is 129 Å². The van der Waals surface area contributed by atoms with Gasteiger partial charge in [0.05, 0.1) is 117 Å². The van der Waals surface area contributed by atoms with Gasteiger partial charge in [0.15, 0.2) is 39.3 Å². The Morgan fingerprint density at radius 2 is 0.638 bits per heavy atom. The van der Waals surface area contributed by atoms with E-state index >= 15 is 0 Å². The number of carbonyl (C=O) groups excluding carboxylic acids is 4. The summed E-state index contributed by atoms with van der Waals surface area (Å²) in [5.74, 6) is -1.19. The molecule has 0 radical (unpaired) electrons. The van der Waals surface area contributed by atoms with Gasteiger partial charge in [-0.05, 0) is 238 Å². The number of aromatic nitrogens is 13. The van der Waals surface area contributed by atoms with E-state index in [1.54, 1.807) is 168 Å². The molecule has 0 saturated carbocycles. The fourth-order valence-electron chi connectivity index (χ4n) is 12.6. The molecule has 0 aliphatic carbocycles. The zero-order valence-corrected chi connectivity index (χ0v) is 75.4. The number of hydrogen-bond donors (Lipinski definition) is 4. The van der Waals surface area contributed by atoms with Gasteiger partial charge < -0.3 is 30.4 Å². The van der Waals surface area contributed by atoms with Crippen molar-refractivity contribution in [3.05, 3.63) is 377 Å². The van der Waals surface area contributed by atoms with Crippen LogP contribution >= 0.6 is 46.4 Å². The first-order valence-corrected chi connectivity index (χ1v) is 47.8. The topological polar surface area (TPSA) is 389 Å². The third-order valence-corrected chi connectivity index (χ3v) is 27.7. The number of rotatable bonds is 28. The highest BCUT2D eigenvalue weighted by Gasteiger charge is 2.23. The van der Waals surface area contributed by atoms with Crippen molar-refractivity contribution in [1.82, 2.24) is 63.6 Å². The Morgan fingerprint density at radius 1 is 0.315 bits per heavy atom. The largest absolute Gasteiger partial charge is 0.336 e. The Kier molecular flexibility index (Phi) is 31.1. The van der Waals surface area contributed by atoms with Gasteiger partial charge in [0.1, 0.15) is 12.2 Å². The van der Waals surface area contributed by atoms with Crippen molar-refractivity contribution >= 4 is 132 Å². The number of pyridine rings is 4. The zero-order valence-electron chi connectivity index (χ0n) is 69.1. The number of halogens is 4. The molecule has 8 aromatic heterocycles. The number of nitrogens with one attached hydrogen (secondary N) is 4. The van der Waals surface area contributed by atoms with Gasteiger partial charge >= 0.3 is 0 Å². The minimum absolute atomic E-state index is 0.0595. The average Bonchev–Trinajstić information content (AvgIpc) is 1.31. The molecule has 37 heteroatoms. The Bertz CT molecular complexity index is 6700. The molecule has 16 rings (SSSR count). The third kappa shape index (κ3) is 25.7. The fourth-order valence-corrected chi connectivity index (χ4v) is 18.4. The van der Waals surface area contributed by atoms with Gasteiger partial charge in [-0.1, -0.05) is 70.7 Å². The molecular weight excluding hydrogens is 1820 g/mol. The van der Waals surface area contributed by atoms with Crippen LogP contribution in [0, 0.1) is 13.8 Å². The Hall–Kier alpha value is -14.0. The van der Waals surface area contributed by atoms with Crippen LogP contribution in [0.4, 0.5) is 22.7 Å². The summed E-state index contributed by atoms with van der Waals surface area (Å²) in [5.41, 5.74) is 9.94. The van der Waals surface area contributed by atoms with Crippen LogP contribution in [0.5, 0.6) is 0 Å². The van der Waals surface area contributed by atoms with Crippen LogP contribution < -0.4 is 21.3 Å². The van der Waals surface area contributed by atoms with Gasteiger partial charge in [-0.2, -0.15) is 10.2 Å². The molecule has 130 heavy (non-hydrogen) atoms. The molecule has 8 aromatic carbocycles. The van der Waals surface area contributed by atoms with Gasteiger partial charge in [0, 0.05) is 136 Å². The maximum Gasteiger partial charge on any atom is 0.255 e. The number of amides is 4. The number of carbonyl (C=O) groups is 4. The van der Waals surface area contributed by atoms with Crippen molar-refractivity contribution in [2.24, 2.45) is 0 Å². The van der Waals surface area contributed by atoms with Crippen molar-refractivity contribution in [2.45, 2.75) is 59.6 Å². The molecule has 0 aliphatic rings. The highest BCUT2D eigenvalue weighted by atomic mass is 35.5. The van der Waals surface area contributed by atoms with Crippen LogP contribution in [0.3, 0.4) is 0 Å². The van der Waals surface area contributed by atoms with Crippen molar-refractivity contribution in [1.29, 1.82) is 0 Å². The monoisotopic (exact) mass is 1890 g/mol. The van der Waals surface area contributed by atoms with Crippen LogP contribution in [-0.2, 0) is 65.5 Å². The molecule has 0 bridgehead atoms. The van der Waals surface area contributed by atoms with E-state index in [0.717, 1.165) is 5.69 Å². The second-order valence-corrected chi connectivity index (χ2v) is 38.8. The lowest BCUT2D eigenvalue weighted by atomic mass is 10.1. The van der Waals surface area contributed by atoms with E-state index in [1.807, 2.05) is 79.7 Å². The molecule has 0 saturated heterocycles. The van der Waals surface area contributed by atoms with Gasteiger partial charge in [-0.3, -0.25) is 48.5 Å². The molecule has 0 spiro atoms. The molecule has 8 heterocycles. The fraction of sp³-hybridized carbons (Fsp3) is 0.108. The lowest BCUT2D eigenvalue weighted by Crippen LogP contribution is -2.15. The van der Waals surface area contributed by atoms with Crippen LogP contribution in [-0.4, -0.2) is 144 Å². The second kappa shape index (κ2) is 43.2. The minimum Gasteiger partial charge on any atom is -0.336 e. The van der Waals surface area contributed by atoms with Crippen molar-refractivity contribution in [3.63, 3.8) is 0 Å². The first-order valence-electron chi connectivity index (χ1n) is 39.7. The summed E-state index contributed by atoms with van der Waals surface area (Å²) in [6, 6.07) is 67.7. The van der Waals surface area contributed by atoms with Crippen molar-refractivity contribution in [2.75, 3.05) is 44.3 Å². The van der Waals surface area contributed by atoms with Gasteiger partial charge in [-0.25, -0.2) is 48.6 Å². The second-order valence-electron chi connectivity index (χ2n) is 28.7. The number of hydrogen-bond acceptors (Lipinski definition) is 21. The van der Waals surface area contributed by atoms with Gasteiger partial charge in [0.25, 0.3) is 23.6 Å². The third-order valence-electron chi connectivity index (χ3n) is 19.5. The van der Waals surface area contributed by atoms with Crippen molar-refractivity contribution in [3.8, 4) is 45.0 Å². The maximum absolute atomic E-state index is 12.7. The molecular formula is C93H79Cl4N17O12S4. The normalized spacial score (nSPS) is 11.3. The number of sulfone groups is 4. The highest BCUT2D eigenvalue weighted by Crippen LogP contribution is 2.35. The van der Waals surface area contributed by atoms with Crippen LogP contribution in [0.25, 0.3) is 45.0 Å². The maximum atomic E-state index is 12.7. The quantitative estimate of drug-likeness (QED) is 0.0354. The molecule has 660 valence electrons. The smallest absolute Gasteiger partial charge is 0.255 e. The summed E-state index contributed by atoms with van der Waals surface area (Å²) in [5, 5.41) is 21.4. The van der Waals surface area contributed by atoms with E-state index in [9.17, 15) is 52.8 Å². The number of aryl methyl sites for hydroxylation is 6. The number of imidazole rings is 2. The molecule has 4 amide bonds. The predicted octanol–water partition coefficient (Wildman–Crippen LogP) is 17.3. The first kappa shape index (κ1) is 93.6. The summed E-state index contributed by atoms with van der Waals surface area (Å²) >= 11 is 25.2. The summed E-state index contributed by atoms with van der Waals surface area (Å²) in [4.78, 5) is 80.5. The van der Waals surface area contributed by atoms with Gasteiger partial charge in [-0.15, -0.1) is 0 Å². The van der Waals surface area contributed by atoms with Gasteiger partial charge in [0.2, 0.25) is 0 Å². The average molecular weight is 1900 g/mol. The molecule has 4 N–H and O–H groups in total. The number of nitrogens with zero attached hydrogens (tertiary/aromatic N) is 13. The Morgan fingerprint density at radius 3 is 0.908 bits per heavy atom. The van der Waals surface area contributed by atoms with Crippen LogP contribution in [0.2, 0.25) is 20.1 Å². The molecule has 0 fully saturated rings. The van der Waals surface area contributed by atoms with Crippen molar-refractivity contribution < 1.29 is 52.8 Å². The Labute approximate surface area is 769 Å². The molecule has 0 aliphatic heterocycles. The summed E-state index contributed by atoms with van der Waals surface area (Å²) in [7, 11) is -14.0. The van der Waals surface area contributed by atoms with E-state index in [4.69, 9.17) is 46.4 Å². The molecule has 16 aromatic rings.